The Balaban J connectivity index is 1.49. The highest BCUT2D eigenvalue weighted by Crippen LogP contribution is 2.22. The van der Waals surface area contributed by atoms with E-state index in [4.69, 9.17) is 11.6 Å². The first-order valence-electron chi connectivity index (χ1n) is 11.2. The van der Waals surface area contributed by atoms with Crippen molar-refractivity contribution in [1.82, 2.24) is 9.97 Å². The normalized spacial score (nSPS) is 11.3. The van der Waals surface area contributed by atoms with Crippen molar-refractivity contribution in [3.8, 4) is 5.82 Å². The first-order valence-corrected chi connectivity index (χ1v) is 13.1. The minimum Gasteiger partial charge on any atom is -0.322 e. The molecule has 1 amide bonds. The third kappa shape index (κ3) is 5.28. The highest BCUT2D eigenvalue weighted by Gasteiger charge is 2.25. The van der Waals surface area contributed by atoms with Crippen molar-refractivity contribution in [2.75, 3.05) is 10.0 Å². The van der Waals surface area contributed by atoms with E-state index in [2.05, 4.69) is 20.0 Å². The number of hydrogen-bond donors (Lipinski definition) is 2. The third-order valence-corrected chi connectivity index (χ3v) is 7.25. The summed E-state index contributed by atoms with van der Waals surface area (Å²) in [5, 5.41) is 3.15. The second-order valence-electron chi connectivity index (χ2n) is 8.23. The minimum absolute atomic E-state index is 0.0668. The number of aryl methyl sites for hydroxylation is 1. The molecule has 0 saturated carbocycles. The van der Waals surface area contributed by atoms with Gasteiger partial charge in [-0.1, -0.05) is 53.6 Å². The van der Waals surface area contributed by atoms with Crippen molar-refractivity contribution in [2.45, 2.75) is 11.8 Å². The van der Waals surface area contributed by atoms with E-state index in [1.807, 2.05) is 13.0 Å². The third-order valence-electron chi connectivity index (χ3n) is 5.56. The quantitative estimate of drug-likeness (QED) is 0.303. The number of amides is 1. The van der Waals surface area contributed by atoms with Crippen molar-refractivity contribution in [3.05, 3.63) is 113 Å². The second kappa shape index (κ2) is 9.96. The Morgan fingerprint density at radius 2 is 1.46 bits per heavy atom. The summed E-state index contributed by atoms with van der Waals surface area (Å²) in [5.41, 5.74) is 2.96. The van der Waals surface area contributed by atoms with Crippen molar-refractivity contribution in [2.24, 2.45) is 0 Å². The number of hydrogen-bond acceptors (Lipinski definition) is 5. The number of carbonyl (C=O) groups is 1. The zero-order chi connectivity index (χ0) is 26.0. The van der Waals surface area contributed by atoms with E-state index in [0.29, 0.717) is 27.3 Å². The van der Waals surface area contributed by atoms with Gasteiger partial charge >= 0.3 is 5.82 Å². The molecule has 37 heavy (non-hydrogen) atoms. The Morgan fingerprint density at radius 3 is 2.14 bits per heavy atom. The molecular formula is C27H21ClN5O3S+. The Labute approximate surface area is 218 Å². The van der Waals surface area contributed by atoms with Gasteiger partial charge in [0.1, 0.15) is 5.52 Å². The number of nitrogens with one attached hydrogen (secondary N) is 2. The summed E-state index contributed by atoms with van der Waals surface area (Å²) in [5.74, 6) is -0.00381. The molecule has 0 bridgehead atoms. The Morgan fingerprint density at radius 1 is 0.838 bits per heavy atom. The van der Waals surface area contributed by atoms with Gasteiger partial charge in [-0.2, -0.15) is 4.57 Å². The number of para-hydroxylation sites is 2. The van der Waals surface area contributed by atoms with E-state index >= 15 is 0 Å². The molecule has 0 spiro atoms. The van der Waals surface area contributed by atoms with Crippen LogP contribution in [0, 0.1) is 6.92 Å². The number of fused-ring (bicyclic) bond motifs is 1. The molecule has 0 unspecified atom stereocenters. The monoisotopic (exact) mass is 530 g/mol. The predicted molar refractivity (Wildman–Crippen MR) is 142 cm³/mol. The number of aromatic nitrogens is 3. The SMILES string of the molecule is Cc1ccc(S(=O)(=O)Nc2nc3ccccc3nc2-[n+]2ccc(NC(=O)c3ccccc3Cl)cc2)cc1. The van der Waals surface area contributed by atoms with Crippen LogP contribution in [-0.4, -0.2) is 24.3 Å². The number of carbonyl (C=O) groups excluding carboxylic acids is 1. The smallest absolute Gasteiger partial charge is 0.322 e. The molecule has 10 heteroatoms. The standard InChI is InChI=1S/C27H20ClN5O3S/c1-18-10-12-20(13-11-18)37(35,36)32-25-26(31-24-9-5-4-8-23(24)30-25)33-16-14-19(15-17-33)29-27(34)21-6-2-3-7-22(21)28/h2-17H,1H3,(H,30,32)/p+1. The average molecular weight is 531 g/mol. The van der Waals surface area contributed by atoms with Crippen molar-refractivity contribution in [3.63, 3.8) is 0 Å². The van der Waals surface area contributed by atoms with E-state index in [1.165, 1.54) is 12.1 Å². The summed E-state index contributed by atoms with van der Waals surface area (Å²) >= 11 is 6.12. The van der Waals surface area contributed by atoms with Crippen LogP contribution < -0.4 is 14.6 Å². The lowest BCUT2D eigenvalue weighted by Crippen LogP contribution is -2.33. The molecule has 0 radical (unpaired) electrons. The molecular weight excluding hydrogens is 510 g/mol. The maximum Gasteiger partial charge on any atom is 0.372 e. The summed E-state index contributed by atoms with van der Waals surface area (Å²) in [6, 6.07) is 23.8. The second-order valence-corrected chi connectivity index (χ2v) is 10.3. The maximum atomic E-state index is 13.1. The zero-order valence-corrected chi connectivity index (χ0v) is 21.2. The number of benzene rings is 3. The first-order chi connectivity index (χ1) is 17.8. The van der Waals surface area contributed by atoms with Crippen LogP contribution in [0.3, 0.4) is 0 Å². The summed E-state index contributed by atoms with van der Waals surface area (Å²) in [4.78, 5) is 21.9. The summed E-state index contributed by atoms with van der Waals surface area (Å²) in [6.45, 7) is 1.88. The van der Waals surface area contributed by atoms with E-state index in [9.17, 15) is 13.2 Å². The van der Waals surface area contributed by atoms with Gasteiger partial charge in [0.05, 0.1) is 27.9 Å². The van der Waals surface area contributed by atoms with Crippen LogP contribution in [0.1, 0.15) is 15.9 Å². The van der Waals surface area contributed by atoms with E-state index in [1.54, 1.807) is 83.7 Å². The average Bonchev–Trinajstić information content (AvgIpc) is 2.89. The molecule has 2 N–H and O–H groups in total. The van der Waals surface area contributed by atoms with Gasteiger partial charge in [-0.3, -0.25) is 9.52 Å². The lowest BCUT2D eigenvalue weighted by Gasteiger charge is -2.10. The zero-order valence-electron chi connectivity index (χ0n) is 19.6. The fraction of sp³-hybridized carbons (Fsp3) is 0.0370. The maximum absolute atomic E-state index is 13.1. The molecule has 0 aliphatic rings. The number of pyridine rings is 1. The van der Waals surface area contributed by atoms with Gasteiger partial charge in [-0.15, -0.1) is 0 Å². The van der Waals surface area contributed by atoms with Gasteiger partial charge in [0.15, 0.2) is 0 Å². The summed E-state index contributed by atoms with van der Waals surface area (Å²) in [7, 11) is -3.92. The lowest BCUT2D eigenvalue weighted by atomic mass is 10.2. The highest BCUT2D eigenvalue weighted by atomic mass is 35.5. The number of sulfonamides is 1. The molecule has 2 heterocycles. The van der Waals surface area contributed by atoms with Crippen LogP contribution in [0.15, 0.2) is 102 Å². The van der Waals surface area contributed by atoms with Crippen LogP contribution in [0.25, 0.3) is 16.9 Å². The topological polar surface area (TPSA) is 105 Å². The van der Waals surface area contributed by atoms with E-state index in [0.717, 1.165) is 5.56 Å². The Kier molecular flexibility index (Phi) is 6.56. The van der Waals surface area contributed by atoms with Crippen LogP contribution in [-0.2, 0) is 10.0 Å². The summed E-state index contributed by atoms with van der Waals surface area (Å²) < 4.78 is 30.5. The molecule has 5 rings (SSSR count). The van der Waals surface area contributed by atoms with Gasteiger partial charge in [-0.25, -0.2) is 13.4 Å². The fourth-order valence-electron chi connectivity index (χ4n) is 3.64. The number of halogens is 1. The molecule has 184 valence electrons. The lowest BCUT2D eigenvalue weighted by molar-refractivity contribution is -0.598. The predicted octanol–water partition coefficient (Wildman–Crippen LogP) is 4.92. The molecule has 0 aliphatic carbocycles. The van der Waals surface area contributed by atoms with Crippen LogP contribution in [0.4, 0.5) is 11.5 Å². The fourth-order valence-corrected chi connectivity index (χ4v) is 4.86. The van der Waals surface area contributed by atoms with Crippen molar-refractivity contribution >= 4 is 50.1 Å². The molecule has 0 atom stereocenters. The molecule has 5 aromatic rings. The van der Waals surface area contributed by atoms with E-state index in [-0.39, 0.29) is 22.4 Å². The van der Waals surface area contributed by atoms with Crippen LogP contribution in [0.2, 0.25) is 5.02 Å². The van der Waals surface area contributed by atoms with Crippen molar-refractivity contribution < 1.29 is 17.8 Å². The molecule has 3 aromatic carbocycles. The first kappa shape index (κ1) is 24.4. The molecule has 0 aliphatic heterocycles. The molecule has 0 saturated heterocycles. The van der Waals surface area contributed by atoms with Gasteiger partial charge < -0.3 is 5.32 Å². The largest absolute Gasteiger partial charge is 0.372 e. The Bertz CT molecular complexity index is 1720. The number of nitrogens with zero attached hydrogens (tertiary/aromatic N) is 3. The van der Waals surface area contributed by atoms with Crippen LogP contribution in [0.5, 0.6) is 0 Å². The van der Waals surface area contributed by atoms with Gasteiger partial charge in [0.2, 0.25) is 11.3 Å². The Hall–Kier alpha value is -4.34. The summed E-state index contributed by atoms with van der Waals surface area (Å²) in [6.07, 6.45) is 3.31. The number of rotatable bonds is 6. The number of anilines is 2. The minimum atomic E-state index is -3.92. The van der Waals surface area contributed by atoms with Gasteiger partial charge in [0, 0.05) is 17.8 Å². The van der Waals surface area contributed by atoms with Gasteiger partial charge in [0.25, 0.3) is 15.9 Å². The van der Waals surface area contributed by atoms with Gasteiger partial charge in [-0.05, 0) is 48.3 Å². The molecule has 2 aromatic heterocycles. The highest BCUT2D eigenvalue weighted by molar-refractivity contribution is 7.92. The van der Waals surface area contributed by atoms with Crippen LogP contribution >= 0.6 is 11.6 Å². The molecule has 8 nitrogen and oxygen atoms in total. The molecule has 0 fully saturated rings. The van der Waals surface area contributed by atoms with E-state index < -0.39 is 10.0 Å². The van der Waals surface area contributed by atoms with Crippen molar-refractivity contribution in [1.29, 1.82) is 0 Å².